The SMILES string of the molecule is Cc1ccnn1-c1ccc(C(=O)N2C(C(=O)O)CC3CCCCC32)cc1. The number of rotatable bonds is 3. The second-order valence-electron chi connectivity index (χ2n) is 7.35. The normalized spacial score (nSPS) is 25.1. The number of aliphatic carboxylic acids is 1. The number of likely N-dealkylation sites (tertiary alicyclic amines) is 1. The summed E-state index contributed by atoms with van der Waals surface area (Å²) in [4.78, 5) is 26.5. The maximum absolute atomic E-state index is 13.1. The molecule has 6 heteroatoms. The minimum Gasteiger partial charge on any atom is -0.480 e. The molecule has 1 aromatic carbocycles. The van der Waals surface area contributed by atoms with Gasteiger partial charge in [0.25, 0.3) is 5.91 Å². The zero-order valence-electron chi connectivity index (χ0n) is 14.8. The van der Waals surface area contributed by atoms with Gasteiger partial charge in [-0.15, -0.1) is 0 Å². The van der Waals surface area contributed by atoms with E-state index in [1.54, 1.807) is 27.9 Å². The highest BCUT2D eigenvalue weighted by Gasteiger charge is 2.47. The molecule has 0 bridgehead atoms. The van der Waals surface area contributed by atoms with Crippen molar-refractivity contribution in [2.45, 2.75) is 51.1 Å². The van der Waals surface area contributed by atoms with Crippen LogP contribution in [0.2, 0.25) is 0 Å². The number of amides is 1. The highest BCUT2D eigenvalue weighted by molar-refractivity contribution is 5.97. The Morgan fingerprint density at radius 1 is 1.12 bits per heavy atom. The van der Waals surface area contributed by atoms with E-state index in [-0.39, 0.29) is 11.9 Å². The number of hydrogen-bond acceptors (Lipinski definition) is 3. The van der Waals surface area contributed by atoms with Crippen molar-refractivity contribution in [2.75, 3.05) is 0 Å². The summed E-state index contributed by atoms with van der Waals surface area (Å²) in [5.41, 5.74) is 2.44. The van der Waals surface area contributed by atoms with Gasteiger partial charge in [-0.25, -0.2) is 9.48 Å². The fraction of sp³-hybridized carbons (Fsp3) is 0.450. The summed E-state index contributed by atoms with van der Waals surface area (Å²) in [6.45, 7) is 1.97. The Hall–Kier alpha value is -2.63. The summed E-state index contributed by atoms with van der Waals surface area (Å²) in [5.74, 6) is -0.744. The minimum atomic E-state index is -0.892. The lowest BCUT2D eigenvalue weighted by Gasteiger charge is -2.33. The van der Waals surface area contributed by atoms with E-state index in [0.717, 1.165) is 37.1 Å². The van der Waals surface area contributed by atoms with Crippen molar-refractivity contribution in [1.82, 2.24) is 14.7 Å². The van der Waals surface area contributed by atoms with E-state index in [4.69, 9.17) is 0 Å². The molecule has 6 nitrogen and oxygen atoms in total. The molecule has 2 aliphatic rings. The molecule has 1 N–H and O–H groups in total. The van der Waals surface area contributed by atoms with Gasteiger partial charge in [-0.3, -0.25) is 4.79 Å². The van der Waals surface area contributed by atoms with Crippen molar-refractivity contribution in [2.24, 2.45) is 5.92 Å². The Kier molecular flexibility index (Phi) is 4.26. The molecule has 1 amide bonds. The number of aryl methyl sites for hydroxylation is 1. The number of benzene rings is 1. The quantitative estimate of drug-likeness (QED) is 0.920. The molecule has 1 aromatic heterocycles. The fourth-order valence-electron chi connectivity index (χ4n) is 4.51. The molecular weight excluding hydrogens is 330 g/mol. The van der Waals surface area contributed by atoms with Gasteiger partial charge in [0.05, 0.1) is 5.69 Å². The van der Waals surface area contributed by atoms with Crippen LogP contribution >= 0.6 is 0 Å². The Labute approximate surface area is 152 Å². The molecule has 4 rings (SSSR count). The average Bonchev–Trinajstić information content (AvgIpc) is 3.25. The molecular formula is C20H23N3O3. The third kappa shape index (κ3) is 2.79. The van der Waals surface area contributed by atoms with Crippen LogP contribution in [0.25, 0.3) is 5.69 Å². The van der Waals surface area contributed by atoms with Gasteiger partial charge in [0.2, 0.25) is 0 Å². The minimum absolute atomic E-state index is 0.0605. The summed E-state index contributed by atoms with van der Waals surface area (Å²) in [6.07, 6.45) is 6.44. The molecule has 3 atom stereocenters. The second-order valence-corrected chi connectivity index (χ2v) is 7.35. The van der Waals surface area contributed by atoms with Gasteiger partial charge in [0.15, 0.2) is 0 Å². The van der Waals surface area contributed by atoms with Crippen molar-refractivity contribution in [3.8, 4) is 5.69 Å². The lowest BCUT2D eigenvalue weighted by Crippen LogP contribution is -2.46. The number of hydrogen-bond donors (Lipinski definition) is 1. The molecule has 1 aliphatic carbocycles. The van der Waals surface area contributed by atoms with E-state index in [9.17, 15) is 14.7 Å². The first-order chi connectivity index (χ1) is 12.6. The largest absolute Gasteiger partial charge is 0.480 e. The number of carboxylic acid groups (broad SMARTS) is 1. The van der Waals surface area contributed by atoms with Crippen molar-refractivity contribution in [3.63, 3.8) is 0 Å². The topological polar surface area (TPSA) is 75.4 Å². The maximum Gasteiger partial charge on any atom is 0.326 e. The Bertz CT molecular complexity index is 827. The summed E-state index contributed by atoms with van der Waals surface area (Å²) in [6, 6.07) is 8.54. The third-order valence-electron chi connectivity index (χ3n) is 5.80. The molecule has 1 saturated heterocycles. The van der Waals surface area contributed by atoms with E-state index in [1.807, 2.05) is 25.1 Å². The van der Waals surface area contributed by atoms with Gasteiger partial charge in [0, 0.05) is 23.5 Å². The first kappa shape index (κ1) is 16.8. The van der Waals surface area contributed by atoms with Crippen LogP contribution in [0.4, 0.5) is 0 Å². The molecule has 0 radical (unpaired) electrons. The highest BCUT2D eigenvalue weighted by Crippen LogP contribution is 2.40. The van der Waals surface area contributed by atoms with Crippen LogP contribution in [-0.2, 0) is 4.79 Å². The van der Waals surface area contributed by atoms with E-state index < -0.39 is 12.0 Å². The molecule has 1 aliphatic heterocycles. The van der Waals surface area contributed by atoms with Crippen LogP contribution in [0.3, 0.4) is 0 Å². The first-order valence-electron chi connectivity index (χ1n) is 9.23. The van der Waals surface area contributed by atoms with E-state index in [0.29, 0.717) is 17.9 Å². The van der Waals surface area contributed by atoms with Gasteiger partial charge in [-0.05, 0) is 62.4 Å². The number of carbonyl (C=O) groups excluding carboxylic acids is 1. The number of nitrogens with zero attached hydrogens (tertiary/aromatic N) is 3. The standard InChI is InChI=1S/C20H23N3O3/c1-13-10-11-21-23(13)16-8-6-14(7-9-16)19(24)22-17-5-3-2-4-15(17)12-18(22)20(25)26/h6-11,15,17-18H,2-5,12H2,1H3,(H,25,26). The number of carboxylic acids is 1. The predicted molar refractivity (Wildman–Crippen MR) is 96.3 cm³/mol. The molecule has 3 unspecified atom stereocenters. The van der Waals surface area contributed by atoms with Gasteiger partial charge in [0.1, 0.15) is 6.04 Å². The lowest BCUT2D eigenvalue weighted by atomic mass is 9.84. The molecule has 26 heavy (non-hydrogen) atoms. The predicted octanol–water partition coefficient (Wildman–Crippen LogP) is 3.04. The van der Waals surface area contributed by atoms with Crippen LogP contribution in [0, 0.1) is 12.8 Å². The molecule has 2 heterocycles. The zero-order valence-corrected chi connectivity index (χ0v) is 14.8. The third-order valence-corrected chi connectivity index (χ3v) is 5.80. The van der Waals surface area contributed by atoms with E-state index in [2.05, 4.69) is 5.10 Å². The number of fused-ring (bicyclic) bond motifs is 1. The van der Waals surface area contributed by atoms with E-state index in [1.165, 1.54) is 0 Å². The van der Waals surface area contributed by atoms with Gasteiger partial charge in [-0.1, -0.05) is 12.8 Å². The smallest absolute Gasteiger partial charge is 0.326 e. The highest BCUT2D eigenvalue weighted by atomic mass is 16.4. The molecule has 1 saturated carbocycles. The van der Waals surface area contributed by atoms with Crippen molar-refractivity contribution in [1.29, 1.82) is 0 Å². The number of carbonyl (C=O) groups is 2. The van der Waals surface area contributed by atoms with Crippen LogP contribution in [0.5, 0.6) is 0 Å². The summed E-state index contributed by atoms with van der Waals surface area (Å²) >= 11 is 0. The summed E-state index contributed by atoms with van der Waals surface area (Å²) in [5, 5.41) is 13.9. The Morgan fingerprint density at radius 2 is 1.85 bits per heavy atom. The Morgan fingerprint density at radius 3 is 2.50 bits per heavy atom. The van der Waals surface area contributed by atoms with Crippen molar-refractivity contribution in [3.05, 3.63) is 47.8 Å². The summed E-state index contributed by atoms with van der Waals surface area (Å²) < 4.78 is 1.81. The lowest BCUT2D eigenvalue weighted by molar-refractivity contribution is -0.141. The Balaban J connectivity index is 1.61. The van der Waals surface area contributed by atoms with Crippen LogP contribution in [0.15, 0.2) is 36.5 Å². The molecule has 2 aromatic rings. The van der Waals surface area contributed by atoms with Gasteiger partial charge >= 0.3 is 5.97 Å². The van der Waals surface area contributed by atoms with Crippen LogP contribution in [0.1, 0.15) is 48.2 Å². The first-order valence-corrected chi connectivity index (χ1v) is 9.23. The fourth-order valence-corrected chi connectivity index (χ4v) is 4.51. The monoisotopic (exact) mass is 353 g/mol. The molecule has 0 spiro atoms. The molecule has 136 valence electrons. The van der Waals surface area contributed by atoms with Crippen molar-refractivity contribution >= 4 is 11.9 Å². The van der Waals surface area contributed by atoms with Gasteiger partial charge in [-0.2, -0.15) is 5.10 Å². The average molecular weight is 353 g/mol. The second kappa shape index (κ2) is 6.59. The number of aromatic nitrogens is 2. The maximum atomic E-state index is 13.1. The van der Waals surface area contributed by atoms with E-state index >= 15 is 0 Å². The van der Waals surface area contributed by atoms with Crippen LogP contribution in [-0.4, -0.2) is 43.7 Å². The summed E-state index contributed by atoms with van der Waals surface area (Å²) in [7, 11) is 0. The zero-order chi connectivity index (χ0) is 18.3. The molecule has 2 fully saturated rings. The van der Waals surface area contributed by atoms with Crippen LogP contribution < -0.4 is 0 Å². The van der Waals surface area contributed by atoms with Crippen molar-refractivity contribution < 1.29 is 14.7 Å². The van der Waals surface area contributed by atoms with Gasteiger partial charge < -0.3 is 10.0 Å².